The van der Waals surface area contributed by atoms with Gasteiger partial charge >= 0.3 is 0 Å². The second-order valence-electron chi connectivity index (χ2n) is 8.58. The molecule has 2 aromatic heterocycles. The second-order valence-corrected chi connectivity index (χ2v) is 8.98. The fourth-order valence-electron chi connectivity index (χ4n) is 4.00. The summed E-state index contributed by atoms with van der Waals surface area (Å²) in [6.45, 7) is -0.342. The summed E-state index contributed by atoms with van der Waals surface area (Å²) in [5.74, 6) is -4.29. The van der Waals surface area contributed by atoms with Crippen LogP contribution in [0, 0.1) is 17.5 Å². The fraction of sp³-hybridized carbons (Fsp3) is 0.148. The summed E-state index contributed by atoms with van der Waals surface area (Å²) in [5, 5.41) is 2.38. The first-order chi connectivity index (χ1) is 19.2. The highest BCUT2D eigenvalue weighted by atomic mass is 35.5. The van der Waals surface area contributed by atoms with E-state index in [9.17, 15) is 22.8 Å². The van der Waals surface area contributed by atoms with Crippen LogP contribution < -0.4 is 19.7 Å². The van der Waals surface area contributed by atoms with Crippen LogP contribution in [0.5, 0.6) is 11.5 Å². The third-order valence-corrected chi connectivity index (χ3v) is 6.26. The van der Waals surface area contributed by atoms with Gasteiger partial charge in [0.25, 0.3) is 11.8 Å². The first-order valence-electron chi connectivity index (χ1n) is 11.8. The first kappa shape index (κ1) is 26.9. The predicted molar refractivity (Wildman–Crippen MR) is 138 cm³/mol. The van der Waals surface area contributed by atoms with E-state index in [1.807, 2.05) is 0 Å². The molecule has 0 unspecified atom stereocenters. The average molecular weight is 570 g/mol. The summed E-state index contributed by atoms with van der Waals surface area (Å²) in [6.07, 6.45) is 2.01. The molecule has 1 aliphatic rings. The summed E-state index contributed by atoms with van der Waals surface area (Å²) in [6, 6.07) is 10.2. The Morgan fingerprint density at radius 3 is 2.67 bits per heavy atom. The molecule has 1 aliphatic heterocycles. The third-order valence-electron chi connectivity index (χ3n) is 5.98. The molecule has 1 N–H and O–H groups in total. The minimum atomic E-state index is -1.27. The zero-order valence-corrected chi connectivity index (χ0v) is 21.5. The fourth-order valence-corrected chi connectivity index (χ4v) is 4.20. The molecule has 0 fully saturated rings. The SMILES string of the molecule is COc1ccc(CN2C(=O)[C@@H](NC(=O)c3ncc(Cl)c(-c4cccc(F)c4F)n3)COc3cc(F)cnc32)cc1. The van der Waals surface area contributed by atoms with Gasteiger partial charge in [0.15, 0.2) is 23.2 Å². The standard InChI is InChI=1S/C27H19ClF3N5O4/c1-39-16-7-5-14(6-8-16)12-36-25-21(9-15(29)10-33-25)40-13-20(27(36)38)34-26(37)24-32-11-18(28)23(35-24)17-3-2-4-19(30)22(17)31/h2-11,20H,12-13H2,1H3,(H,34,37)/t20-/m0/s1. The molecule has 2 aromatic carbocycles. The van der Waals surface area contributed by atoms with E-state index in [2.05, 4.69) is 20.3 Å². The number of amides is 2. The van der Waals surface area contributed by atoms with Crippen molar-refractivity contribution in [1.29, 1.82) is 0 Å². The van der Waals surface area contributed by atoms with Crippen LogP contribution in [-0.2, 0) is 11.3 Å². The number of anilines is 1. The van der Waals surface area contributed by atoms with E-state index in [0.29, 0.717) is 11.3 Å². The lowest BCUT2D eigenvalue weighted by molar-refractivity contribution is -0.120. The molecule has 3 heterocycles. The number of rotatable bonds is 6. The van der Waals surface area contributed by atoms with Crippen LogP contribution in [0.2, 0.25) is 5.02 Å². The van der Waals surface area contributed by atoms with Crippen molar-refractivity contribution >= 4 is 29.2 Å². The van der Waals surface area contributed by atoms with E-state index in [1.54, 1.807) is 24.3 Å². The molecule has 5 rings (SSSR count). The van der Waals surface area contributed by atoms with Gasteiger partial charge < -0.3 is 14.8 Å². The van der Waals surface area contributed by atoms with Crippen LogP contribution in [0.1, 0.15) is 16.2 Å². The Hall–Kier alpha value is -4.71. The monoisotopic (exact) mass is 569 g/mol. The van der Waals surface area contributed by atoms with Crippen LogP contribution in [0.3, 0.4) is 0 Å². The van der Waals surface area contributed by atoms with Crippen LogP contribution in [-0.4, -0.2) is 46.5 Å². The van der Waals surface area contributed by atoms with Crippen LogP contribution in [0.15, 0.2) is 60.9 Å². The Kier molecular flexibility index (Phi) is 7.52. The Labute approximate surface area is 230 Å². The number of methoxy groups -OCH3 is 1. The number of hydrogen-bond acceptors (Lipinski definition) is 7. The van der Waals surface area contributed by atoms with Crippen molar-refractivity contribution < 1.29 is 32.2 Å². The van der Waals surface area contributed by atoms with Crippen molar-refractivity contribution in [3.8, 4) is 22.8 Å². The van der Waals surface area contributed by atoms with E-state index in [4.69, 9.17) is 21.1 Å². The van der Waals surface area contributed by atoms with Crippen molar-refractivity contribution in [3.63, 3.8) is 0 Å². The van der Waals surface area contributed by atoms with Crippen molar-refractivity contribution in [2.75, 3.05) is 18.6 Å². The van der Waals surface area contributed by atoms with Gasteiger partial charge in [0.05, 0.1) is 36.8 Å². The molecular formula is C27H19ClF3N5O4. The van der Waals surface area contributed by atoms with Gasteiger partial charge in [0.2, 0.25) is 5.82 Å². The molecule has 0 radical (unpaired) electrons. The number of nitrogens with zero attached hydrogens (tertiary/aromatic N) is 4. The van der Waals surface area contributed by atoms with Crippen LogP contribution in [0.4, 0.5) is 19.0 Å². The Morgan fingerprint density at radius 2 is 1.93 bits per heavy atom. The normalized spacial score (nSPS) is 14.7. The van der Waals surface area contributed by atoms with Crippen molar-refractivity contribution in [2.24, 2.45) is 0 Å². The highest BCUT2D eigenvalue weighted by Crippen LogP contribution is 2.32. The minimum Gasteiger partial charge on any atom is -0.497 e. The highest BCUT2D eigenvalue weighted by Gasteiger charge is 2.34. The molecule has 204 valence electrons. The quantitative estimate of drug-likeness (QED) is 0.368. The minimum absolute atomic E-state index is 0.00483. The number of benzene rings is 2. The number of fused-ring (bicyclic) bond motifs is 1. The summed E-state index contributed by atoms with van der Waals surface area (Å²) in [4.78, 5) is 39.9. The number of aromatic nitrogens is 3. The maximum absolute atomic E-state index is 14.4. The van der Waals surface area contributed by atoms with Crippen molar-refractivity contribution in [1.82, 2.24) is 20.3 Å². The number of carbonyl (C=O) groups excluding carboxylic acids is 2. The molecule has 0 spiro atoms. The summed E-state index contributed by atoms with van der Waals surface area (Å²) in [7, 11) is 1.52. The van der Waals surface area contributed by atoms with Gasteiger partial charge in [0, 0.05) is 11.6 Å². The number of nitrogens with one attached hydrogen (secondary N) is 1. The molecule has 0 bridgehead atoms. The van der Waals surface area contributed by atoms with Gasteiger partial charge in [-0.1, -0.05) is 29.8 Å². The summed E-state index contributed by atoms with van der Waals surface area (Å²) in [5.41, 5.74) is 0.209. The van der Waals surface area contributed by atoms with Gasteiger partial charge in [-0.05, 0) is 29.8 Å². The van der Waals surface area contributed by atoms with Crippen LogP contribution in [0.25, 0.3) is 11.3 Å². The molecule has 0 saturated heterocycles. The third kappa shape index (κ3) is 5.38. The second kappa shape index (κ2) is 11.2. The van der Waals surface area contributed by atoms with E-state index in [0.717, 1.165) is 24.5 Å². The number of pyridine rings is 1. The van der Waals surface area contributed by atoms with E-state index in [1.165, 1.54) is 24.1 Å². The largest absolute Gasteiger partial charge is 0.497 e. The molecule has 9 nitrogen and oxygen atoms in total. The first-order valence-corrected chi connectivity index (χ1v) is 12.1. The highest BCUT2D eigenvalue weighted by molar-refractivity contribution is 6.33. The lowest BCUT2D eigenvalue weighted by Gasteiger charge is -2.24. The lowest BCUT2D eigenvalue weighted by Crippen LogP contribution is -2.50. The number of carbonyl (C=O) groups is 2. The van der Waals surface area contributed by atoms with Gasteiger partial charge in [-0.3, -0.25) is 14.5 Å². The predicted octanol–water partition coefficient (Wildman–Crippen LogP) is 4.34. The van der Waals surface area contributed by atoms with E-state index >= 15 is 0 Å². The summed E-state index contributed by atoms with van der Waals surface area (Å²) < 4.78 is 52.9. The maximum atomic E-state index is 14.4. The van der Waals surface area contributed by atoms with Crippen LogP contribution >= 0.6 is 11.6 Å². The van der Waals surface area contributed by atoms with Gasteiger partial charge in [-0.25, -0.2) is 28.1 Å². The number of hydrogen-bond donors (Lipinski definition) is 1. The molecule has 0 aliphatic carbocycles. The lowest BCUT2D eigenvalue weighted by atomic mass is 10.1. The van der Waals surface area contributed by atoms with Gasteiger partial charge in [0.1, 0.15) is 24.2 Å². The van der Waals surface area contributed by atoms with Crippen molar-refractivity contribution in [3.05, 3.63) is 94.8 Å². The summed E-state index contributed by atoms with van der Waals surface area (Å²) >= 11 is 6.10. The molecule has 13 heteroatoms. The number of ether oxygens (including phenoxy) is 2. The number of halogens is 4. The van der Waals surface area contributed by atoms with Gasteiger partial charge in [-0.2, -0.15) is 0 Å². The Morgan fingerprint density at radius 1 is 1.15 bits per heavy atom. The average Bonchev–Trinajstić information content (AvgIpc) is 3.07. The topological polar surface area (TPSA) is 107 Å². The molecule has 2 amide bonds. The zero-order valence-electron chi connectivity index (χ0n) is 20.7. The van der Waals surface area contributed by atoms with Gasteiger partial charge in [-0.15, -0.1) is 0 Å². The van der Waals surface area contributed by atoms with E-state index < -0.39 is 41.1 Å². The maximum Gasteiger partial charge on any atom is 0.289 e. The Bertz CT molecular complexity index is 1610. The zero-order chi connectivity index (χ0) is 28.4. The molecule has 0 saturated carbocycles. The molecule has 40 heavy (non-hydrogen) atoms. The molecule has 4 aromatic rings. The smallest absolute Gasteiger partial charge is 0.289 e. The van der Waals surface area contributed by atoms with E-state index in [-0.39, 0.29) is 41.0 Å². The molecular weight excluding hydrogens is 551 g/mol. The molecule has 1 atom stereocenters. The Balaban J connectivity index is 1.43. The van der Waals surface area contributed by atoms with Crippen molar-refractivity contribution in [2.45, 2.75) is 12.6 Å².